The highest BCUT2D eigenvalue weighted by atomic mass is 16.5. The first-order valence-electron chi connectivity index (χ1n) is 14.3. The Kier molecular flexibility index (Phi) is 5.88. The minimum Gasteiger partial charge on any atom is -0.504 e. The highest BCUT2D eigenvalue weighted by molar-refractivity contribution is 5.92. The van der Waals surface area contributed by atoms with E-state index < -0.39 is 17.1 Å². The molecule has 2 aliphatic carbocycles. The lowest BCUT2D eigenvalue weighted by atomic mass is 9.45. The Balaban J connectivity index is 1.26. The largest absolute Gasteiger partial charge is 0.504 e. The zero-order valence-corrected chi connectivity index (χ0v) is 23.0. The minimum atomic E-state index is -1.05. The highest BCUT2D eigenvalue weighted by Crippen LogP contribution is 2.67. The van der Waals surface area contributed by atoms with E-state index in [0.717, 1.165) is 36.2 Å². The molecular weight excluding hydrogens is 504 g/mol. The molecule has 7 rings (SSSR count). The van der Waals surface area contributed by atoms with Gasteiger partial charge in [-0.25, -0.2) is 0 Å². The van der Waals surface area contributed by atoms with Crippen LogP contribution < -0.4 is 4.74 Å². The molecule has 2 bridgehead atoms. The second-order valence-corrected chi connectivity index (χ2v) is 12.1. The second kappa shape index (κ2) is 9.25. The third kappa shape index (κ3) is 3.47. The maximum atomic E-state index is 13.4. The van der Waals surface area contributed by atoms with Crippen molar-refractivity contribution in [2.24, 2.45) is 5.92 Å². The van der Waals surface area contributed by atoms with Gasteiger partial charge in [-0.2, -0.15) is 0 Å². The van der Waals surface area contributed by atoms with Gasteiger partial charge in [0.05, 0.1) is 29.6 Å². The zero-order valence-electron chi connectivity index (χ0n) is 23.0. The molecule has 1 amide bonds. The predicted octanol–water partition coefficient (Wildman–Crippen LogP) is 4.17. The number of benzene rings is 2. The molecule has 208 valence electrons. The van der Waals surface area contributed by atoms with Crippen LogP contribution in [-0.2, 0) is 23.1 Å². The first-order chi connectivity index (χ1) is 19.3. The molecule has 0 radical (unpaired) electrons. The van der Waals surface area contributed by atoms with E-state index in [1.54, 1.807) is 41.7 Å². The van der Waals surface area contributed by atoms with Gasteiger partial charge >= 0.3 is 0 Å². The number of rotatable bonds is 6. The number of aromatic hydroxyl groups is 1. The van der Waals surface area contributed by atoms with Gasteiger partial charge in [-0.15, -0.1) is 0 Å². The molecule has 2 aliphatic heterocycles. The van der Waals surface area contributed by atoms with Crippen LogP contribution >= 0.6 is 0 Å². The molecule has 4 aliphatic rings. The average Bonchev–Trinajstić information content (AvgIpc) is 3.60. The van der Waals surface area contributed by atoms with Gasteiger partial charge in [0.15, 0.2) is 11.5 Å². The number of amides is 1. The molecule has 40 heavy (non-hydrogen) atoms. The van der Waals surface area contributed by atoms with Gasteiger partial charge < -0.3 is 24.3 Å². The third-order valence-corrected chi connectivity index (χ3v) is 10.3. The summed E-state index contributed by atoms with van der Waals surface area (Å²) in [6, 6.07) is 15.7. The molecule has 1 aromatic heterocycles. The first kappa shape index (κ1) is 25.4. The van der Waals surface area contributed by atoms with E-state index in [1.807, 2.05) is 19.2 Å². The number of aliphatic hydroxyl groups is 1. The number of phenolic OH excluding ortho intramolecular Hbond substituents is 1. The lowest BCUT2D eigenvalue weighted by Gasteiger charge is -2.66. The van der Waals surface area contributed by atoms with Gasteiger partial charge in [-0.05, 0) is 67.5 Å². The number of nitrogens with zero attached hydrogens (tertiary/aromatic N) is 2. The number of hydrogen-bond donors (Lipinski definition) is 2. The van der Waals surface area contributed by atoms with E-state index in [1.165, 1.54) is 5.56 Å². The zero-order chi connectivity index (χ0) is 27.6. The van der Waals surface area contributed by atoms with Crippen molar-refractivity contribution in [3.05, 3.63) is 89.4 Å². The molecule has 7 nitrogen and oxygen atoms in total. The van der Waals surface area contributed by atoms with Gasteiger partial charge in [-0.1, -0.05) is 43.3 Å². The summed E-state index contributed by atoms with van der Waals surface area (Å²) in [7, 11) is 1.82. The number of phenols is 1. The van der Waals surface area contributed by atoms with Gasteiger partial charge in [0, 0.05) is 36.8 Å². The highest BCUT2D eigenvalue weighted by Gasteiger charge is 2.75. The van der Waals surface area contributed by atoms with E-state index in [9.17, 15) is 15.0 Å². The molecule has 2 aromatic carbocycles. The lowest BCUT2D eigenvalue weighted by molar-refractivity contribution is -0.224. The summed E-state index contributed by atoms with van der Waals surface area (Å²) in [5, 5.41) is 23.9. The van der Waals surface area contributed by atoms with E-state index in [-0.39, 0.29) is 29.7 Å². The van der Waals surface area contributed by atoms with Gasteiger partial charge in [-0.3, -0.25) is 9.69 Å². The van der Waals surface area contributed by atoms with Crippen molar-refractivity contribution in [2.45, 2.75) is 61.8 Å². The Hall–Kier alpha value is -3.55. The molecule has 2 fully saturated rings. The minimum absolute atomic E-state index is 0.0722. The van der Waals surface area contributed by atoms with Crippen molar-refractivity contribution in [1.29, 1.82) is 0 Å². The standard InChI is InChI=1S/C33H36N2O5/c1-21-18-25(34(2)28(37)11-8-23-13-17-39-20-23)31-32-14-16-35(15-12-22-6-4-3-5-7-22)27(33(21,32)38)19-24-9-10-26(36)30(40-31)29(24)32/h3-11,13,17,20-21,25,27,31,36,38H,12,14-16,18-19H2,1-2H3/b11-8+/t21?,25?,27-,31?,32+,33-/m1/s1. The van der Waals surface area contributed by atoms with E-state index in [4.69, 9.17) is 9.15 Å². The second-order valence-electron chi connectivity index (χ2n) is 12.1. The summed E-state index contributed by atoms with van der Waals surface area (Å²) in [5.74, 6) is 0.384. The van der Waals surface area contributed by atoms with Gasteiger partial charge in [0.2, 0.25) is 5.91 Å². The van der Waals surface area contributed by atoms with Crippen molar-refractivity contribution in [2.75, 3.05) is 20.1 Å². The van der Waals surface area contributed by atoms with Crippen LogP contribution in [0.25, 0.3) is 6.08 Å². The Bertz CT molecular complexity index is 1450. The fourth-order valence-electron chi connectivity index (χ4n) is 8.41. The number of carbonyl (C=O) groups is 1. The fourth-order valence-corrected chi connectivity index (χ4v) is 8.41. The maximum Gasteiger partial charge on any atom is 0.246 e. The summed E-state index contributed by atoms with van der Waals surface area (Å²) >= 11 is 0. The maximum absolute atomic E-state index is 13.4. The monoisotopic (exact) mass is 540 g/mol. The molecule has 6 atom stereocenters. The fraction of sp³-hybridized carbons (Fsp3) is 0.424. The molecular formula is C33H36N2O5. The van der Waals surface area contributed by atoms with Gasteiger partial charge in [0.25, 0.3) is 0 Å². The van der Waals surface area contributed by atoms with Crippen molar-refractivity contribution in [3.63, 3.8) is 0 Å². The average molecular weight is 541 g/mol. The number of likely N-dealkylation sites (tertiary alicyclic amines) is 1. The predicted molar refractivity (Wildman–Crippen MR) is 151 cm³/mol. The number of likely N-dealkylation sites (N-methyl/N-ethyl adjacent to an activating group) is 1. The molecule has 1 spiro atoms. The number of hydrogen-bond acceptors (Lipinski definition) is 6. The Morgan fingerprint density at radius 3 is 2.80 bits per heavy atom. The summed E-state index contributed by atoms with van der Waals surface area (Å²) in [5.41, 5.74) is 2.46. The van der Waals surface area contributed by atoms with Crippen molar-refractivity contribution < 1.29 is 24.2 Å². The first-order valence-corrected chi connectivity index (χ1v) is 14.3. The molecule has 3 heterocycles. The molecule has 1 saturated carbocycles. The summed E-state index contributed by atoms with van der Waals surface area (Å²) < 4.78 is 11.8. The van der Waals surface area contributed by atoms with Crippen LogP contribution in [0.15, 0.2) is 71.6 Å². The van der Waals surface area contributed by atoms with Crippen LogP contribution in [0.5, 0.6) is 11.5 Å². The van der Waals surface area contributed by atoms with Crippen LogP contribution in [0.3, 0.4) is 0 Å². The van der Waals surface area contributed by atoms with Crippen molar-refractivity contribution >= 4 is 12.0 Å². The summed E-state index contributed by atoms with van der Waals surface area (Å²) in [6.07, 6.45) is 8.98. The SMILES string of the molecule is CC1CC(N(C)C(=O)/C=C/c2ccoc2)C2Oc3c(O)ccc4c3[C@@]23CCN(CCc2ccccc2)[C@H](C4)[C@]13O. The number of ether oxygens (including phenoxy) is 1. The van der Waals surface area contributed by atoms with Crippen LogP contribution in [0, 0.1) is 5.92 Å². The normalized spacial score (nSPS) is 32.1. The number of furan rings is 1. The third-order valence-electron chi connectivity index (χ3n) is 10.3. The van der Waals surface area contributed by atoms with Crippen LogP contribution in [0.2, 0.25) is 0 Å². The summed E-state index contributed by atoms with van der Waals surface area (Å²) in [6.45, 7) is 3.82. The molecule has 2 N–H and O–H groups in total. The van der Waals surface area contributed by atoms with Crippen molar-refractivity contribution in [3.8, 4) is 11.5 Å². The Labute approximate surface area is 234 Å². The summed E-state index contributed by atoms with van der Waals surface area (Å²) in [4.78, 5) is 17.6. The van der Waals surface area contributed by atoms with E-state index in [2.05, 4.69) is 36.1 Å². The van der Waals surface area contributed by atoms with Gasteiger partial charge in [0.1, 0.15) is 6.10 Å². The number of carbonyl (C=O) groups excluding carboxylic acids is 1. The number of piperidine rings is 1. The van der Waals surface area contributed by atoms with Crippen LogP contribution in [-0.4, -0.2) is 69.8 Å². The topological polar surface area (TPSA) is 86.4 Å². The smallest absolute Gasteiger partial charge is 0.246 e. The van der Waals surface area contributed by atoms with Crippen LogP contribution in [0.1, 0.15) is 42.0 Å². The lowest BCUT2D eigenvalue weighted by Crippen LogP contribution is -2.80. The Morgan fingerprint density at radius 1 is 1.20 bits per heavy atom. The quantitative estimate of drug-likeness (QED) is 0.457. The molecule has 3 aromatic rings. The van der Waals surface area contributed by atoms with E-state index in [0.29, 0.717) is 25.0 Å². The molecule has 7 heteroatoms. The Morgan fingerprint density at radius 2 is 2.02 bits per heavy atom. The van der Waals surface area contributed by atoms with Crippen LogP contribution in [0.4, 0.5) is 0 Å². The van der Waals surface area contributed by atoms with Crippen molar-refractivity contribution in [1.82, 2.24) is 9.80 Å². The van der Waals surface area contributed by atoms with E-state index >= 15 is 0 Å². The molecule has 3 unspecified atom stereocenters. The molecule has 1 saturated heterocycles.